The summed E-state index contributed by atoms with van der Waals surface area (Å²) in [5, 5.41) is 6.61. The molecule has 0 aromatic carbocycles. The van der Waals surface area contributed by atoms with Crippen molar-refractivity contribution < 1.29 is 9.47 Å². The first kappa shape index (κ1) is 13.6. The molecule has 0 fully saturated rings. The minimum Gasteiger partial charge on any atom is -0.382 e. The molecule has 0 amide bonds. The van der Waals surface area contributed by atoms with Crippen molar-refractivity contribution in [2.75, 3.05) is 33.5 Å². The van der Waals surface area contributed by atoms with Gasteiger partial charge in [0.2, 0.25) is 0 Å². The summed E-state index contributed by atoms with van der Waals surface area (Å²) in [5.74, 6) is 0. The van der Waals surface area contributed by atoms with Crippen LogP contribution in [0.15, 0.2) is 5.38 Å². The van der Waals surface area contributed by atoms with E-state index in [0.29, 0.717) is 19.8 Å². The number of methoxy groups -OCH3 is 1. The Balaban J connectivity index is 1.98. The maximum atomic E-state index is 5.33. The van der Waals surface area contributed by atoms with Crippen LogP contribution in [0.25, 0.3) is 0 Å². The number of thiazole rings is 1. The summed E-state index contributed by atoms with van der Waals surface area (Å²) in [5.41, 5.74) is 1.12. The molecule has 4 nitrogen and oxygen atoms in total. The lowest BCUT2D eigenvalue weighted by atomic mass is 10.4. The highest BCUT2D eigenvalue weighted by Gasteiger charge is 1.98. The maximum Gasteiger partial charge on any atom is 0.0926 e. The van der Waals surface area contributed by atoms with Crippen molar-refractivity contribution in [3.8, 4) is 0 Å². The Kier molecular flexibility index (Phi) is 7.33. The molecule has 1 aromatic heterocycles. The predicted molar refractivity (Wildman–Crippen MR) is 65.9 cm³/mol. The lowest BCUT2D eigenvalue weighted by molar-refractivity contribution is 0.0719. The number of hydrogen-bond acceptors (Lipinski definition) is 5. The molecule has 92 valence electrons. The summed E-state index contributed by atoms with van der Waals surface area (Å²) < 4.78 is 10.2. The van der Waals surface area contributed by atoms with Crippen LogP contribution in [-0.2, 0) is 22.4 Å². The van der Waals surface area contributed by atoms with Crippen LogP contribution in [0.5, 0.6) is 0 Å². The lowest BCUT2D eigenvalue weighted by Crippen LogP contribution is -2.20. The molecule has 0 bridgehead atoms. The summed E-state index contributed by atoms with van der Waals surface area (Å²) in [4.78, 5) is 4.47. The average Bonchev–Trinajstić information content (AvgIpc) is 2.76. The molecule has 1 N–H and O–H groups in total. The van der Waals surface area contributed by atoms with Gasteiger partial charge in [0.05, 0.1) is 30.5 Å². The fourth-order valence-corrected chi connectivity index (χ4v) is 1.94. The van der Waals surface area contributed by atoms with Gasteiger partial charge in [0.15, 0.2) is 0 Å². The molecule has 1 aromatic rings. The smallest absolute Gasteiger partial charge is 0.0926 e. The number of rotatable bonds is 9. The Labute approximate surface area is 101 Å². The van der Waals surface area contributed by atoms with Crippen LogP contribution >= 0.6 is 11.3 Å². The molecule has 0 aliphatic carbocycles. The van der Waals surface area contributed by atoms with Gasteiger partial charge in [0.1, 0.15) is 0 Å². The van der Waals surface area contributed by atoms with Gasteiger partial charge in [-0.2, -0.15) is 0 Å². The Morgan fingerprint density at radius 1 is 1.38 bits per heavy atom. The topological polar surface area (TPSA) is 43.4 Å². The Hall–Kier alpha value is -0.490. The zero-order chi connectivity index (χ0) is 11.6. The molecular weight excluding hydrogens is 224 g/mol. The van der Waals surface area contributed by atoms with Crippen LogP contribution in [-0.4, -0.2) is 38.5 Å². The van der Waals surface area contributed by atoms with Gasteiger partial charge in [0, 0.05) is 25.6 Å². The van der Waals surface area contributed by atoms with E-state index in [2.05, 4.69) is 22.6 Å². The van der Waals surface area contributed by atoms with Crippen molar-refractivity contribution in [3.05, 3.63) is 16.1 Å². The summed E-state index contributed by atoms with van der Waals surface area (Å²) in [7, 11) is 1.68. The van der Waals surface area contributed by atoms with Crippen molar-refractivity contribution >= 4 is 11.3 Å². The number of ether oxygens (including phenoxy) is 2. The van der Waals surface area contributed by atoms with Gasteiger partial charge in [-0.3, -0.25) is 0 Å². The van der Waals surface area contributed by atoms with Gasteiger partial charge in [-0.25, -0.2) is 4.98 Å². The monoisotopic (exact) mass is 244 g/mol. The van der Waals surface area contributed by atoms with E-state index in [4.69, 9.17) is 9.47 Å². The Bertz CT molecular complexity index is 279. The van der Waals surface area contributed by atoms with Gasteiger partial charge < -0.3 is 14.8 Å². The number of nitrogens with one attached hydrogen (secondary N) is 1. The molecule has 0 aliphatic heterocycles. The molecule has 0 saturated heterocycles. The van der Waals surface area contributed by atoms with Crippen molar-refractivity contribution in [1.82, 2.24) is 10.3 Å². The Morgan fingerprint density at radius 2 is 2.25 bits per heavy atom. The quantitative estimate of drug-likeness (QED) is 0.668. The van der Waals surface area contributed by atoms with Crippen LogP contribution in [0.3, 0.4) is 0 Å². The first-order chi connectivity index (χ1) is 7.86. The van der Waals surface area contributed by atoms with Crippen LogP contribution in [0.2, 0.25) is 0 Å². The third-order valence-corrected chi connectivity index (χ3v) is 3.10. The van der Waals surface area contributed by atoms with E-state index < -0.39 is 0 Å². The highest BCUT2D eigenvalue weighted by molar-refractivity contribution is 7.09. The van der Waals surface area contributed by atoms with E-state index in [1.54, 1.807) is 18.4 Å². The normalized spacial score (nSPS) is 10.9. The fourth-order valence-electron chi connectivity index (χ4n) is 1.20. The minimum absolute atomic E-state index is 0.659. The van der Waals surface area contributed by atoms with Crippen molar-refractivity contribution in [2.24, 2.45) is 0 Å². The van der Waals surface area contributed by atoms with Gasteiger partial charge >= 0.3 is 0 Å². The molecule has 1 rings (SSSR count). The largest absolute Gasteiger partial charge is 0.382 e. The van der Waals surface area contributed by atoms with Crippen molar-refractivity contribution in [3.63, 3.8) is 0 Å². The number of nitrogens with zero attached hydrogens (tertiary/aromatic N) is 1. The highest BCUT2D eigenvalue weighted by Crippen LogP contribution is 2.09. The molecule has 0 aliphatic rings. The van der Waals surface area contributed by atoms with Crippen LogP contribution in [0, 0.1) is 0 Å². The predicted octanol–water partition coefficient (Wildman–Crippen LogP) is 1.46. The minimum atomic E-state index is 0.659. The van der Waals surface area contributed by atoms with E-state index >= 15 is 0 Å². The summed E-state index contributed by atoms with van der Waals surface area (Å²) in [6, 6.07) is 0. The zero-order valence-electron chi connectivity index (χ0n) is 9.99. The molecule has 0 atom stereocenters. The SMILES string of the molecule is CCc1nc(CNCCOCCOC)cs1. The molecule has 1 heterocycles. The van der Waals surface area contributed by atoms with E-state index in [0.717, 1.165) is 25.2 Å². The third kappa shape index (κ3) is 5.55. The second kappa shape index (κ2) is 8.64. The van der Waals surface area contributed by atoms with Crippen LogP contribution in [0.1, 0.15) is 17.6 Å². The summed E-state index contributed by atoms with van der Waals surface area (Å²) in [6.45, 7) is 5.83. The fraction of sp³-hybridized carbons (Fsp3) is 0.727. The second-order valence-corrected chi connectivity index (χ2v) is 4.31. The maximum absolute atomic E-state index is 5.33. The van der Waals surface area contributed by atoms with Gasteiger partial charge in [-0.05, 0) is 6.42 Å². The first-order valence-corrected chi connectivity index (χ1v) is 6.45. The molecule has 5 heteroatoms. The number of aromatic nitrogens is 1. The van der Waals surface area contributed by atoms with Crippen molar-refractivity contribution in [1.29, 1.82) is 0 Å². The van der Waals surface area contributed by atoms with Crippen molar-refractivity contribution in [2.45, 2.75) is 19.9 Å². The van der Waals surface area contributed by atoms with E-state index in [1.807, 2.05) is 0 Å². The number of hydrogen-bond donors (Lipinski definition) is 1. The second-order valence-electron chi connectivity index (χ2n) is 3.37. The first-order valence-electron chi connectivity index (χ1n) is 5.57. The van der Waals surface area contributed by atoms with Gasteiger partial charge in [-0.15, -0.1) is 11.3 Å². The number of aryl methyl sites for hydroxylation is 1. The average molecular weight is 244 g/mol. The molecule has 0 unspecified atom stereocenters. The third-order valence-electron chi connectivity index (χ3n) is 2.06. The zero-order valence-corrected chi connectivity index (χ0v) is 10.8. The summed E-state index contributed by atoms with van der Waals surface area (Å²) in [6.07, 6.45) is 1.02. The molecular formula is C11H20N2O2S. The molecule has 0 spiro atoms. The lowest BCUT2D eigenvalue weighted by Gasteiger charge is -2.04. The van der Waals surface area contributed by atoms with Crippen LogP contribution < -0.4 is 5.32 Å². The van der Waals surface area contributed by atoms with Gasteiger partial charge in [-0.1, -0.05) is 6.92 Å². The summed E-state index contributed by atoms with van der Waals surface area (Å²) >= 11 is 1.73. The molecule has 0 saturated carbocycles. The molecule has 16 heavy (non-hydrogen) atoms. The van der Waals surface area contributed by atoms with Crippen LogP contribution in [0.4, 0.5) is 0 Å². The van der Waals surface area contributed by atoms with E-state index in [9.17, 15) is 0 Å². The highest BCUT2D eigenvalue weighted by atomic mass is 32.1. The molecule has 0 radical (unpaired) electrons. The van der Waals surface area contributed by atoms with E-state index in [-0.39, 0.29) is 0 Å². The van der Waals surface area contributed by atoms with E-state index in [1.165, 1.54) is 5.01 Å². The Morgan fingerprint density at radius 3 is 2.94 bits per heavy atom. The van der Waals surface area contributed by atoms with Gasteiger partial charge in [0.25, 0.3) is 0 Å². The standard InChI is InChI=1S/C11H20N2O2S/c1-3-11-13-10(9-16-11)8-12-4-5-15-7-6-14-2/h9,12H,3-8H2,1-2H3.